The number of ketones is 1. The van der Waals surface area contributed by atoms with E-state index in [0.29, 0.717) is 5.92 Å². The molecule has 1 aliphatic rings. The quantitative estimate of drug-likeness (QED) is 0.614. The van der Waals surface area contributed by atoms with Crippen molar-refractivity contribution in [2.75, 3.05) is 0 Å². The molecule has 0 aromatic carbocycles. The highest BCUT2D eigenvalue weighted by Crippen LogP contribution is 2.20. The Morgan fingerprint density at radius 3 is 2.64 bits per heavy atom. The van der Waals surface area contributed by atoms with Crippen molar-refractivity contribution in [1.29, 1.82) is 0 Å². The van der Waals surface area contributed by atoms with Crippen molar-refractivity contribution in [3.05, 3.63) is 23.8 Å². The van der Waals surface area contributed by atoms with Crippen LogP contribution < -0.4 is 0 Å². The SMILES string of the molecule is CC(C)C1=CC=C[C@H](Br)C1=O. The zero-order valence-electron chi connectivity index (χ0n) is 6.67. The minimum Gasteiger partial charge on any atom is -0.293 e. The first-order chi connectivity index (χ1) is 5.13. The molecule has 0 unspecified atom stereocenters. The monoisotopic (exact) mass is 214 g/mol. The number of hydrogen-bond acceptors (Lipinski definition) is 1. The summed E-state index contributed by atoms with van der Waals surface area (Å²) in [5.41, 5.74) is 0.911. The lowest BCUT2D eigenvalue weighted by Crippen LogP contribution is -2.19. The summed E-state index contributed by atoms with van der Waals surface area (Å²) in [4.78, 5) is 11.3. The predicted molar refractivity (Wildman–Crippen MR) is 49.8 cm³/mol. The lowest BCUT2D eigenvalue weighted by molar-refractivity contribution is -0.114. The highest BCUT2D eigenvalue weighted by atomic mass is 79.9. The number of hydrogen-bond donors (Lipinski definition) is 0. The maximum Gasteiger partial charge on any atom is 0.176 e. The van der Waals surface area contributed by atoms with Crippen molar-refractivity contribution >= 4 is 21.7 Å². The second kappa shape index (κ2) is 3.35. The molecule has 0 heterocycles. The van der Waals surface area contributed by atoms with Crippen LogP contribution >= 0.6 is 15.9 Å². The zero-order valence-corrected chi connectivity index (χ0v) is 8.26. The minimum absolute atomic E-state index is 0.107. The van der Waals surface area contributed by atoms with Crippen LogP contribution in [0, 0.1) is 5.92 Å². The number of carbonyl (C=O) groups is 1. The Morgan fingerprint density at radius 1 is 1.55 bits per heavy atom. The molecule has 0 saturated carbocycles. The fraction of sp³-hybridized carbons (Fsp3) is 0.444. The topological polar surface area (TPSA) is 17.1 Å². The van der Waals surface area contributed by atoms with Gasteiger partial charge in [-0.1, -0.05) is 48.0 Å². The van der Waals surface area contributed by atoms with Crippen LogP contribution in [0.1, 0.15) is 13.8 Å². The van der Waals surface area contributed by atoms with Gasteiger partial charge < -0.3 is 0 Å². The largest absolute Gasteiger partial charge is 0.293 e. The summed E-state index contributed by atoms with van der Waals surface area (Å²) < 4.78 is 0. The van der Waals surface area contributed by atoms with Gasteiger partial charge in [0.1, 0.15) is 0 Å². The number of rotatable bonds is 1. The van der Waals surface area contributed by atoms with Gasteiger partial charge in [0.15, 0.2) is 5.78 Å². The molecular weight excluding hydrogens is 204 g/mol. The fourth-order valence-corrected chi connectivity index (χ4v) is 1.50. The lowest BCUT2D eigenvalue weighted by Gasteiger charge is -2.14. The second-order valence-electron chi connectivity index (χ2n) is 2.93. The van der Waals surface area contributed by atoms with Gasteiger partial charge in [-0.3, -0.25) is 4.79 Å². The number of halogens is 1. The Kier molecular flexibility index (Phi) is 2.66. The van der Waals surface area contributed by atoms with E-state index in [4.69, 9.17) is 0 Å². The predicted octanol–water partition coefficient (Wildman–Crippen LogP) is 2.47. The molecular formula is C9H11BrO. The summed E-state index contributed by atoms with van der Waals surface area (Å²) in [6, 6.07) is 0. The maximum atomic E-state index is 11.4. The highest BCUT2D eigenvalue weighted by Gasteiger charge is 2.20. The first kappa shape index (κ1) is 8.72. The lowest BCUT2D eigenvalue weighted by atomic mass is 9.94. The molecule has 0 spiro atoms. The Morgan fingerprint density at radius 2 is 2.18 bits per heavy atom. The van der Waals surface area contributed by atoms with Gasteiger partial charge in [0.05, 0.1) is 4.83 Å². The van der Waals surface area contributed by atoms with Crippen molar-refractivity contribution in [2.45, 2.75) is 18.7 Å². The maximum absolute atomic E-state index is 11.4. The standard InChI is InChI=1S/C9H11BrO/c1-6(2)7-4-3-5-8(10)9(7)11/h3-6,8H,1-2H3/t8-/m0/s1. The van der Waals surface area contributed by atoms with Crippen molar-refractivity contribution in [2.24, 2.45) is 5.92 Å². The van der Waals surface area contributed by atoms with Crippen LogP contribution in [-0.4, -0.2) is 10.6 Å². The van der Waals surface area contributed by atoms with E-state index in [1.54, 1.807) is 0 Å². The Hall–Kier alpha value is -0.370. The van der Waals surface area contributed by atoms with E-state index in [1.165, 1.54) is 0 Å². The van der Waals surface area contributed by atoms with Gasteiger partial charge in [-0.05, 0) is 11.5 Å². The molecule has 0 N–H and O–H groups in total. The number of allylic oxidation sites excluding steroid dienone is 4. The molecule has 2 heteroatoms. The van der Waals surface area contributed by atoms with E-state index in [1.807, 2.05) is 32.1 Å². The minimum atomic E-state index is -0.107. The molecule has 0 aromatic rings. The van der Waals surface area contributed by atoms with Crippen LogP contribution in [0.15, 0.2) is 23.8 Å². The molecule has 0 amide bonds. The third-order valence-electron chi connectivity index (χ3n) is 1.71. The van der Waals surface area contributed by atoms with Crippen LogP contribution in [-0.2, 0) is 4.79 Å². The molecule has 0 fully saturated rings. The van der Waals surface area contributed by atoms with E-state index >= 15 is 0 Å². The smallest absolute Gasteiger partial charge is 0.176 e. The average molecular weight is 215 g/mol. The molecule has 11 heavy (non-hydrogen) atoms. The van der Waals surface area contributed by atoms with Crippen molar-refractivity contribution < 1.29 is 4.79 Å². The van der Waals surface area contributed by atoms with E-state index in [0.717, 1.165) is 5.57 Å². The first-order valence-electron chi connectivity index (χ1n) is 3.69. The van der Waals surface area contributed by atoms with Gasteiger partial charge in [-0.15, -0.1) is 0 Å². The van der Waals surface area contributed by atoms with Crippen LogP contribution in [0.25, 0.3) is 0 Å². The summed E-state index contributed by atoms with van der Waals surface area (Å²) in [6.07, 6.45) is 5.68. The summed E-state index contributed by atoms with van der Waals surface area (Å²) >= 11 is 3.29. The molecule has 1 rings (SSSR count). The molecule has 0 radical (unpaired) electrons. The Bertz CT molecular complexity index is 226. The van der Waals surface area contributed by atoms with Gasteiger partial charge in [0.2, 0.25) is 0 Å². The van der Waals surface area contributed by atoms with Gasteiger partial charge in [0.25, 0.3) is 0 Å². The molecule has 60 valence electrons. The summed E-state index contributed by atoms with van der Waals surface area (Å²) in [7, 11) is 0. The first-order valence-corrected chi connectivity index (χ1v) is 4.61. The summed E-state index contributed by atoms with van der Waals surface area (Å²) in [6.45, 7) is 4.06. The number of Topliss-reactive ketones (excluding diaryl/α,β-unsaturated/α-hetero) is 1. The molecule has 1 aliphatic carbocycles. The van der Waals surface area contributed by atoms with Crippen molar-refractivity contribution in [3.63, 3.8) is 0 Å². The summed E-state index contributed by atoms with van der Waals surface area (Å²) in [5, 5.41) is 0. The molecule has 0 bridgehead atoms. The van der Waals surface area contributed by atoms with Gasteiger partial charge in [0, 0.05) is 0 Å². The molecule has 1 nitrogen and oxygen atoms in total. The molecule has 0 aliphatic heterocycles. The van der Waals surface area contributed by atoms with Crippen LogP contribution in [0.2, 0.25) is 0 Å². The number of carbonyl (C=O) groups excluding carboxylic acids is 1. The normalized spacial score (nSPS) is 24.2. The Balaban J connectivity index is 2.87. The van der Waals surface area contributed by atoms with Crippen LogP contribution in [0.4, 0.5) is 0 Å². The van der Waals surface area contributed by atoms with Crippen LogP contribution in [0.5, 0.6) is 0 Å². The summed E-state index contributed by atoms with van der Waals surface area (Å²) in [5.74, 6) is 0.523. The molecule has 0 aromatic heterocycles. The van der Waals surface area contributed by atoms with Gasteiger partial charge in [-0.25, -0.2) is 0 Å². The van der Waals surface area contributed by atoms with E-state index in [9.17, 15) is 4.79 Å². The highest BCUT2D eigenvalue weighted by molar-refractivity contribution is 9.10. The van der Waals surface area contributed by atoms with Gasteiger partial charge in [-0.2, -0.15) is 0 Å². The van der Waals surface area contributed by atoms with E-state index < -0.39 is 0 Å². The molecule has 0 saturated heterocycles. The van der Waals surface area contributed by atoms with Crippen molar-refractivity contribution in [3.8, 4) is 0 Å². The van der Waals surface area contributed by atoms with E-state index in [-0.39, 0.29) is 10.6 Å². The average Bonchev–Trinajstić information content (AvgIpc) is 1.94. The van der Waals surface area contributed by atoms with E-state index in [2.05, 4.69) is 15.9 Å². The Labute approximate surface area is 75.3 Å². The third-order valence-corrected chi connectivity index (χ3v) is 2.43. The third kappa shape index (κ3) is 1.80. The van der Waals surface area contributed by atoms with Crippen molar-refractivity contribution in [1.82, 2.24) is 0 Å². The number of alkyl halides is 1. The second-order valence-corrected chi connectivity index (χ2v) is 3.91. The fourth-order valence-electron chi connectivity index (χ4n) is 1.06. The van der Waals surface area contributed by atoms with Gasteiger partial charge >= 0.3 is 0 Å². The molecule has 1 atom stereocenters. The van der Waals surface area contributed by atoms with Crippen LogP contribution in [0.3, 0.4) is 0 Å². The zero-order chi connectivity index (χ0) is 8.43.